The van der Waals surface area contributed by atoms with Gasteiger partial charge in [-0.1, -0.05) is 12.1 Å². The number of hydrogen-bond donors (Lipinski definition) is 1. The molecule has 6 nitrogen and oxygen atoms in total. The van der Waals surface area contributed by atoms with Gasteiger partial charge in [0, 0.05) is 18.0 Å². The van der Waals surface area contributed by atoms with Gasteiger partial charge in [-0.05, 0) is 48.4 Å². The number of fused-ring (bicyclic) bond motifs is 1. The molecule has 2 aromatic heterocycles. The number of halogens is 1. The summed E-state index contributed by atoms with van der Waals surface area (Å²) in [6.07, 6.45) is 3.22. The van der Waals surface area contributed by atoms with E-state index in [0.717, 1.165) is 22.1 Å². The number of anilines is 1. The SMILES string of the molecule is CCOc1cc(-c2ccc(F)cc2)cc2c(NC)nc(-c3ccnnc3)nc12. The van der Waals surface area contributed by atoms with Crippen LogP contribution < -0.4 is 10.1 Å². The van der Waals surface area contributed by atoms with Gasteiger partial charge in [0.1, 0.15) is 22.9 Å². The van der Waals surface area contributed by atoms with Crippen LogP contribution in [0.4, 0.5) is 10.2 Å². The van der Waals surface area contributed by atoms with E-state index in [9.17, 15) is 4.39 Å². The molecule has 7 heteroatoms. The highest BCUT2D eigenvalue weighted by Gasteiger charge is 2.15. The molecule has 0 atom stereocenters. The van der Waals surface area contributed by atoms with Crippen LogP contribution in [-0.2, 0) is 0 Å². The third-order valence-electron chi connectivity index (χ3n) is 4.32. The van der Waals surface area contributed by atoms with Crippen molar-refractivity contribution in [1.29, 1.82) is 0 Å². The normalized spacial score (nSPS) is 10.8. The van der Waals surface area contributed by atoms with E-state index in [1.54, 1.807) is 37.6 Å². The Balaban J connectivity index is 1.96. The van der Waals surface area contributed by atoms with Crippen LogP contribution in [-0.4, -0.2) is 33.8 Å². The summed E-state index contributed by atoms with van der Waals surface area (Å²) in [5.74, 6) is 1.56. The van der Waals surface area contributed by atoms with Crippen molar-refractivity contribution in [3.63, 3.8) is 0 Å². The molecule has 4 aromatic rings. The Morgan fingerprint density at radius 3 is 2.46 bits per heavy atom. The molecule has 0 amide bonds. The molecule has 0 radical (unpaired) electrons. The van der Waals surface area contributed by atoms with E-state index in [1.165, 1.54) is 12.1 Å². The molecule has 0 bridgehead atoms. The Morgan fingerprint density at radius 2 is 1.79 bits per heavy atom. The highest BCUT2D eigenvalue weighted by Crippen LogP contribution is 2.35. The smallest absolute Gasteiger partial charge is 0.163 e. The van der Waals surface area contributed by atoms with Crippen LogP contribution in [0.3, 0.4) is 0 Å². The fourth-order valence-corrected chi connectivity index (χ4v) is 3.02. The van der Waals surface area contributed by atoms with E-state index in [1.807, 2.05) is 19.1 Å². The molecule has 28 heavy (non-hydrogen) atoms. The molecule has 0 aliphatic rings. The predicted molar refractivity (Wildman–Crippen MR) is 107 cm³/mol. The van der Waals surface area contributed by atoms with Crippen LogP contribution in [0.5, 0.6) is 5.75 Å². The second-order valence-electron chi connectivity index (χ2n) is 6.09. The lowest BCUT2D eigenvalue weighted by Crippen LogP contribution is -2.02. The van der Waals surface area contributed by atoms with E-state index >= 15 is 0 Å². The minimum Gasteiger partial charge on any atom is -0.492 e. The van der Waals surface area contributed by atoms with Crippen LogP contribution in [0, 0.1) is 5.82 Å². The van der Waals surface area contributed by atoms with Crippen LogP contribution in [0.1, 0.15) is 6.92 Å². The second kappa shape index (κ2) is 7.56. The van der Waals surface area contributed by atoms with Gasteiger partial charge in [-0.3, -0.25) is 0 Å². The Hall–Kier alpha value is -3.61. The zero-order chi connectivity index (χ0) is 19.5. The van der Waals surface area contributed by atoms with Gasteiger partial charge in [-0.25, -0.2) is 14.4 Å². The molecular formula is C21H18FN5O. The summed E-state index contributed by atoms with van der Waals surface area (Å²) in [6.45, 7) is 2.41. The van der Waals surface area contributed by atoms with E-state index in [0.29, 0.717) is 29.5 Å². The largest absolute Gasteiger partial charge is 0.492 e. The van der Waals surface area contributed by atoms with Crippen molar-refractivity contribution in [1.82, 2.24) is 20.2 Å². The molecule has 2 aromatic carbocycles. The van der Waals surface area contributed by atoms with Gasteiger partial charge in [0.05, 0.1) is 19.0 Å². The molecule has 1 N–H and O–H groups in total. The first-order valence-electron chi connectivity index (χ1n) is 8.89. The predicted octanol–water partition coefficient (Wildman–Crippen LogP) is 4.33. The fraction of sp³-hybridized carbons (Fsp3) is 0.143. The summed E-state index contributed by atoms with van der Waals surface area (Å²) < 4.78 is 19.2. The maximum absolute atomic E-state index is 13.3. The number of rotatable bonds is 5. The topological polar surface area (TPSA) is 72.8 Å². The fourth-order valence-electron chi connectivity index (χ4n) is 3.02. The molecular weight excluding hydrogens is 357 g/mol. The van der Waals surface area contributed by atoms with Gasteiger partial charge >= 0.3 is 0 Å². The Labute approximate surface area is 161 Å². The molecule has 0 spiro atoms. The Morgan fingerprint density at radius 1 is 0.964 bits per heavy atom. The zero-order valence-corrected chi connectivity index (χ0v) is 15.5. The van der Waals surface area contributed by atoms with Gasteiger partial charge < -0.3 is 10.1 Å². The summed E-state index contributed by atoms with van der Waals surface area (Å²) in [4.78, 5) is 9.35. The average Bonchev–Trinajstić information content (AvgIpc) is 2.74. The van der Waals surface area contributed by atoms with Crippen LogP contribution in [0.15, 0.2) is 54.9 Å². The maximum Gasteiger partial charge on any atom is 0.163 e. The van der Waals surface area contributed by atoms with E-state index in [4.69, 9.17) is 9.72 Å². The minimum absolute atomic E-state index is 0.274. The molecule has 140 valence electrons. The van der Waals surface area contributed by atoms with E-state index < -0.39 is 0 Å². The van der Waals surface area contributed by atoms with Gasteiger partial charge in [0.2, 0.25) is 0 Å². The van der Waals surface area contributed by atoms with Crippen molar-refractivity contribution in [3.05, 3.63) is 60.7 Å². The molecule has 0 saturated carbocycles. The number of ether oxygens (including phenoxy) is 1. The summed E-state index contributed by atoms with van der Waals surface area (Å²) in [5.41, 5.74) is 3.24. The van der Waals surface area contributed by atoms with Crippen molar-refractivity contribution in [2.24, 2.45) is 0 Å². The van der Waals surface area contributed by atoms with Crippen molar-refractivity contribution < 1.29 is 9.13 Å². The monoisotopic (exact) mass is 375 g/mol. The molecule has 0 saturated heterocycles. The number of nitrogens with one attached hydrogen (secondary N) is 1. The van der Waals surface area contributed by atoms with Gasteiger partial charge in [-0.15, -0.1) is 0 Å². The molecule has 0 fully saturated rings. The number of nitrogens with zero attached hydrogens (tertiary/aromatic N) is 4. The van der Waals surface area contributed by atoms with Gasteiger partial charge in [0.15, 0.2) is 5.82 Å². The first kappa shape index (κ1) is 17.8. The Bertz CT molecular complexity index is 1120. The van der Waals surface area contributed by atoms with Gasteiger partial charge in [0.25, 0.3) is 0 Å². The third-order valence-corrected chi connectivity index (χ3v) is 4.32. The first-order chi connectivity index (χ1) is 13.7. The summed E-state index contributed by atoms with van der Waals surface area (Å²) in [7, 11) is 1.81. The second-order valence-corrected chi connectivity index (χ2v) is 6.09. The lowest BCUT2D eigenvalue weighted by molar-refractivity contribution is 0.344. The maximum atomic E-state index is 13.3. The summed E-state index contributed by atoms with van der Waals surface area (Å²) in [5, 5.41) is 11.7. The lowest BCUT2D eigenvalue weighted by Gasteiger charge is -2.14. The highest BCUT2D eigenvalue weighted by molar-refractivity contribution is 5.97. The van der Waals surface area contributed by atoms with Crippen LogP contribution in [0.25, 0.3) is 33.4 Å². The summed E-state index contributed by atoms with van der Waals surface area (Å²) >= 11 is 0. The first-order valence-corrected chi connectivity index (χ1v) is 8.89. The van der Waals surface area contributed by atoms with Crippen molar-refractivity contribution >= 4 is 16.7 Å². The van der Waals surface area contributed by atoms with Crippen molar-refractivity contribution in [3.8, 4) is 28.3 Å². The van der Waals surface area contributed by atoms with Gasteiger partial charge in [-0.2, -0.15) is 10.2 Å². The number of benzene rings is 2. The molecule has 0 unspecified atom stereocenters. The molecule has 0 aliphatic heterocycles. The van der Waals surface area contributed by atoms with E-state index in [2.05, 4.69) is 20.5 Å². The number of hydrogen-bond acceptors (Lipinski definition) is 6. The lowest BCUT2D eigenvalue weighted by atomic mass is 10.0. The molecule has 0 aliphatic carbocycles. The van der Waals surface area contributed by atoms with Crippen molar-refractivity contribution in [2.45, 2.75) is 6.92 Å². The summed E-state index contributed by atoms with van der Waals surface area (Å²) in [6, 6.07) is 12.1. The van der Waals surface area contributed by atoms with Crippen molar-refractivity contribution in [2.75, 3.05) is 19.0 Å². The molecule has 4 rings (SSSR count). The van der Waals surface area contributed by atoms with E-state index in [-0.39, 0.29) is 5.82 Å². The zero-order valence-electron chi connectivity index (χ0n) is 15.5. The van der Waals surface area contributed by atoms with Crippen LogP contribution in [0.2, 0.25) is 0 Å². The average molecular weight is 375 g/mol. The Kier molecular flexibility index (Phi) is 4.80. The minimum atomic E-state index is -0.274. The highest BCUT2D eigenvalue weighted by atomic mass is 19.1. The quantitative estimate of drug-likeness (QED) is 0.560. The third kappa shape index (κ3) is 3.34. The van der Waals surface area contributed by atoms with Crippen LogP contribution >= 0.6 is 0 Å². The standard InChI is InChI=1S/C21H18FN5O/c1-3-28-18-11-15(13-4-6-16(22)7-5-13)10-17-19(18)26-20(27-21(17)23-2)14-8-9-24-25-12-14/h4-12H,3H2,1-2H3,(H,23,26,27). The number of aromatic nitrogens is 4. The molecule has 2 heterocycles.